The third kappa shape index (κ3) is 3.70. The second-order valence-electron chi connectivity index (χ2n) is 3.95. The van der Waals surface area contributed by atoms with Gasteiger partial charge in [0.25, 0.3) is 5.91 Å². The summed E-state index contributed by atoms with van der Waals surface area (Å²) in [7, 11) is 0. The number of halogens is 1. The van der Waals surface area contributed by atoms with Crippen LogP contribution in [0.3, 0.4) is 0 Å². The minimum atomic E-state index is -0.335. The summed E-state index contributed by atoms with van der Waals surface area (Å²) in [5.74, 6) is -0.488. The van der Waals surface area contributed by atoms with E-state index in [-0.39, 0.29) is 17.4 Å². The zero-order valence-corrected chi connectivity index (χ0v) is 12.4. The zero-order chi connectivity index (χ0) is 14.5. The molecule has 0 bridgehead atoms. The Labute approximate surface area is 129 Å². The molecule has 0 saturated heterocycles. The van der Waals surface area contributed by atoms with Gasteiger partial charge >= 0.3 is 0 Å². The number of nitrogens with one attached hydrogen (secondary N) is 1. The van der Waals surface area contributed by atoms with Gasteiger partial charge in [-0.05, 0) is 52.9 Å². The Morgan fingerprint density at radius 3 is 2.70 bits per heavy atom. The minimum Gasteiger partial charge on any atom is -0.508 e. The normalized spacial score (nSPS) is 10.7. The van der Waals surface area contributed by atoms with E-state index in [9.17, 15) is 9.90 Å². The highest BCUT2D eigenvalue weighted by molar-refractivity contribution is 14.1. The molecule has 3 N–H and O–H groups in total. The van der Waals surface area contributed by atoms with Crippen molar-refractivity contribution in [2.45, 2.75) is 0 Å². The van der Waals surface area contributed by atoms with Gasteiger partial charge in [0.05, 0.1) is 6.21 Å². The highest BCUT2D eigenvalue weighted by Crippen LogP contribution is 2.20. The topological polar surface area (TPSA) is 81.9 Å². The van der Waals surface area contributed by atoms with E-state index in [0.29, 0.717) is 11.1 Å². The van der Waals surface area contributed by atoms with E-state index in [4.69, 9.17) is 5.11 Å². The lowest BCUT2D eigenvalue weighted by Crippen LogP contribution is -2.17. The molecule has 102 valence electrons. The lowest BCUT2D eigenvalue weighted by molar-refractivity contribution is 0.0955. The van der Waals surface area contributed by atoms with Crippen molar-refractivity contribution < 1.29 is 15.0 Å². The molecule has 0 atom stereocenters. The maximum atomic E-state index is 11.8. The van der Waals surface area contributed by atoms with Crippen LogP contribution in [0, 0.1) is 3.57 Å². The van der Waals surface area contributed by atoms with Gasteiger partial charge in [-0.15, -0.1) is 0 Å². The number of hydrazone groups is 1. The zero-order valence-electron chi connectivity index (χ0n) is 10.2. The monoisotopic (exact) mass is 382 g/mol. The van der Waals surface area contributed by atoms with Crippen LogP contribution in [0.2, 0.25) is 0 Å². The van der Waals surface area contributed by atoms with Gasteiger partial charge in [0.2, 0.25) is 0 Å². The molecule has 0 heterocycles. The smallest absolute Gasteiger partial charge is 0.271 e. The van der Waals surface area contributed by atoms with Gasteiger partial charge in [0.15, 0.2) is 0 Å². The van der Waals surface area contributed by atoms with Crippen LogP contribution < -0.4 is 5.43 Å². The van der Waals surface area contributed by atoms with Crippen LogP contribution in [-0.2, 0) is 0 Å². The van der Waals surface area contributed by atoms with E-state index in [2.05, 4.69) is 33.1 Å². The molecule has 0 spiro atoms. The second kappa shape index (κ2) is 6.38. The molecule has 0 fully saturated rings. The maximum Gasteiger partial charge on any atom is 0.271 e. The van der Waals surface area contributed by atoms with Crippen LogP contribution in [0.5, 0.6) is 11.5 Å². The Morgan fingerprint density at radius 2 is 2.00 bits per heavy atom. The standard InChI is InChI=1S/C14H11IN2O3/c15-11-3-1-2-9(6-11)14(20)17-16-8-10-4-5-12(18)7-13(10)19/h1-8,18-19H,(H,17,20). The number of nitrogens with zero attached hydrogens (tertiary/aromatic N) is 1. The molecule has 6 heteroatoms. The summed E-state index contributed by atoms with van der Waals surface area (Å²) in [4.78, 5) is 11.8. The van der Waals surface area contributed by atoms with Crippen LogP contribution in [0.25, 0.3) is 0 Å². The van der Waals surface area contributed by atoms with Gasteiger partial charge in [-0.1, -0.05) is 6.07 Å². The summed E-state index contributed by atoms with van der Waals surface area (Å²) in [6.45, 7) is 0. The van der Waals surface area contributed by atoms with Crippen molar-refractivity contribution in [3.8, 4) is 11.5 Å². The maximum absolute atomic E-state index is 11.8. The number of amides is 1. The largest absolute Gasteiger partial charge is 0.508 e. The van der Waals surface area contributed by atoms with Crippen molar-refractivity contribution in [2.24, 2.45) is 5.10 Å². The van der Waals surface area contributed by atoms with E-state index in [1.807, 2.05) is 6.07 Å². The molecule has 2 aromatic rings. The van der Waals surface area contributed by atoms with Crippen molar-refractivity contribution >= 4 is 34.7 Å². The van der Waals surface area contributed by atoms with Gasteiger partial charge in [0.1, 0.15) is 11.5 Å². The fourth-order valence-electron chi connectivity index (χ4n) is 1.50. The molecule has 0 saturated carbocycles. The van der Waals surface area contributed by atoms with Crippen LogP contribution in [0.15, 0.2) is 47.6 Å². The average molecular weight is 382 g/mol. The van der Waals surface area contributed by atoms with Crippen LogP contribution >= 0.6 is 22.6 Å². The van der Waals surface area contributed by atoms with E-state index in [0.717, 1.165) is 3.57 Å². The molecule has 0 radical (unpaired) electrons. The summed E-state index contributed by atoms with van der Waals surface area (Å²) in [6.07, 6.45) is 1.31. The van der Waals surface area contributed by atoms with Gasteiger partial charge in [-0.2, -0.15) is 5.10 Å². The minimum absolute atomic E-state index is 0.0393. The number of hydrogen-bond donors (Lipinski definition) is 3. The van der Waals surface area contributed by atoms with E-state index >= 15 is 0 Å². The third-order valence-electron chi connectivity index (χ3n) is 2.47. The number of benzene rings is 2. The van der Waals surface area contributed by atoms with Gasteiger partial charge in [-0.25, -0.2) is 5.43 Å². The Hall–Kier alpha value is -2.09. The second-order valence-corrected chi connectivity index (χ2v) is 5.20. The summed E-state index contributed by atoms with van der Waals surface area (Å²) in [5.41, 5.74) is 3.27. The van der Waals surface area contributed by atoms with Crippen LogP contribution in [0.1, 0.15) is 15.9 Å². The summed E-state index contributed by atoms with van der Waals surface area (Å²) >= 11 is 2.12. The molecule has 2 rings (SSSR count). The molecule has 20 heavy (non-hydrogen) atoms. The first kappa shape index (κ1) is 14.3. The van der Waals surface area contributed by atoms with Crippen molar-refractivity contribution in [3.63, 3.8) is 0 Å². The third-order valence-corrected chi connectivity index (χ3v) is 3.14. The van der Waals surface area contributed by atoms with Gasteiger partial charge < -0.3 is 10.2 Å². The molecular weight excluding hydrogens is 371 g/mol. The van der Waals surface area contributed by atoms with Crippen LogP contribution in [-0.4, -0.2) is 22.3 Å². The first-order chi connectivity index (χ1) is 9.56. The summed E-state index contributed by atoms with van der Waals surface area (Å²) in [5, 5.41) is 22.5. The van der Waals surface area contributed by atoms with Crippen LogP contribution in [0.4, 0.5) is 0 Å². The Kier molecular flexibility index (Phi) is 4.57. The molecule has 0 aliphatic heterocycles. The van der Waals surface area contributed by atoms with E-state index in [1.165, 1.54) is 24.4 Å². The average Bonchev–Trinajstić information content (AvgIpc) is 2.41. The molecule has 1 amide bonds. The summed E-state index contributed by atoms with van der Waals surface area (Å²) in [6, 6.07) is 11.2. The molecule has 5 nitrogen and oxygen atoms in total. The fourth-order valence-corrected chi connectivity index (χ4v) is 2.04. The quantitative estimate of drug-likeness (QED) is 0.434. The predicted molar refractivity (Wildman–Crippen MR) is 84.0 cm³/mol. The molecule has 2 aromatic carbocycles. The number of phenolic OH excluding ortho intramolecular Hbond substituents is 2. The SMILES string of the molecule is O=C(NN=Cc1ccc(O)cc1O)c1cccc(I)c1. The molecular formula is C14H11IN2O3. The highest BCUT2D eigenvalue weighted by Gasteiger charge is 2.04. The molecule has 0 aliphatic rings. The predicted octanol–water partition coefficient (Wildman–Crippen LogP) is 2.47. The lowest BCUT2D eigenvalue weighted by atomic mass is 10.2. The van der Waals surface area contributed by atoms with Gasteiger partial charge in [-0.3, -0.25) is 4.79 Å². The molecule has 0 unspecified atom stereocenters. The highest BCUT2D eigenvalue weighted by atomic mass is 127. The van der Waals surface area contributed by atoms with Crippen molar-refractivity contribution in [1.82, 2.24) is 5.43 Å². The molecule has 0 aliphatic carbocycles. The number of carbonyl (C=O) groups excluding carboxylic acids is 1. The number of phenols is 2. The van der Waals surface area contributed by atoms with Gasteiger partial charge in [0, 0.05) is 20.8 Å². The molecule has 0 aromatic heterocycles. The Bertz CT molecular complexity index is 671. The van der Waals surface area contributed by atoms with Crippen molar-refractivity contribution in [1.29, 1.82) is 0 Å². The number of aromatic hydroxyl groups is 2. The first-order valence-corrected chi connectivity index (χ1v) is 6.75. The van der Waals surface area contributed by atoms with Crippen molar-refractivity contribution in [3.05, 3.63) is 57.2 Å². The van der Waals surface area contributed by atoms with E-state index in [1.54, 1.807) is 18.2 Å². The summed E-state index contributed by atoms with van der Waals surface area (Å²) < 4.78 is 0.954. The van der Waals surface area contributed by atoms with Crippen molar-refractivity contribution in [2.75, 3.05) is 0 Å². The first-order valence-electron chi connectivity index (χ1n) is 5.67. The number of carbonyl (C=O) groups is 1. The lowest BCUT2D eigenvalue weighted by Gasteiger charge is -2.01. The van der Waals surface area contributed by atoms with E-state index < -0.39 is 0 Å². The Morgan fingerprint density at radius 1 is 1.20 bits per heavy atom. The number of rotatable bonds is 3. The Balaban J connectivity index is 2.04. The number of hydrogen-bond acceptors (Lipinski definition) is 4. The fraction of sp³-hybridized carbons (Fsp3) is 0.